The first kappa shape index (κ1) is 23.1. The third-order valence-corrected chi connectivity index (χ3v) is 6.76. The summed E-state index contributed by atoms with van der Waals surface area (Å²) in [5, 5.41) is 0. The number of benzene rings is 2. The number of carbonyl (C=O) groups excluding carboxylic acids is 2. The van der Waals surface area contributed by atoms with Gasteiger partial charge in [0.05, 0.1) is 20.1 Å². The van der Waals surface area contributed by atoms with Crippen LogP contribution in [-0.4, -0.2) is 38.2 Å². The van der Waals surface area contributed by atoms with E-state index in [1.54, 1.807) is 14.2 Å². The van der Waals surface area contributed by atoms with Crippen molar-refractivity contribution in [3.05, 3.63) is 41.5 Å². The minimum atomic E-state index is -0.588. The fourth-order valence-electron chi connectivity index (χ4n) is 4.43. The minimum absolute atomic E-state index is 0.0847. The van der Waals surface area contributed by atoms with E-state index in [0.717, 1.165) is 54.4 Å². The molecular formula is C27H32O6. The second kappa shape index (κ2) is 9.46. The van der Waals surface area contributed by atoms with Crippen LogP contribution >= 0.6 is 0 Å². The molecule has 1 saturated carbocycles. The molecule has 0 amide bonds. The molecular weight excluding hydrogens is 420 g/mol. The lowest BCUT2D eigenvalue weighted by Crippen LogP contribution is -2.30. The Labute approximate surface area is 195 Å². The van der Waals surface area contributed by atoms with Crippen molar-refractivity contribution in [2.24, 2.45) is 5.92 Å². The molecule has 1 fully saturated rings. The van der Waals surface area contributed by atoms with Crippen LogP contribution in [0.4, 0.5) is 0 Å². The molecule has 2 aliphatic carbocycles. The van der Waals surface area contributed by atoms with Gasteiger partial charge in [0.25, 0.3) is 0 Å². The van der Waals surface area contributed by atoms with Gasteiger partial charge in [-0.2, -0.15) is 0 Å². The first-order valence-corrected chi connectivity index (χ1v) is 11.7. The van der Waals surface area contributed by atoms with Gasteiger partial charge in [0.2, 0.25) is 5.75 Å². The second-order valence-corrected chi connectivity index (χ2v) is 8.88. The highest BCUT2D eigenvalue weighted by Gasteiger charge is 2.49. The van der Waals surface area contributed by atoms with E-state index < -0.39 is 5.60 Å². The fraction of sp³-hybridized carbons (Fsp3) is 0.481. The maximum atomic E-state index is 12.6. The normalized spacial score (nSPS) is 15.8. The molecule has 2 aromatic carbocycles. The van der Waals surface area contributed by atoms with Gasteiger partial charge < -0.3 is 18.9 Å². The number of aryl methyl sites for hydroxylation is 1. The Bertz CT molecular complexity index is 1050. The van der Waals surface area contributed by atoms with Crippen molar-refractivity contribution in [2.45, 2.75) is 58.0 Å². The summed E-state index contributed by atoms with van der Waals surface area (Å²) >= 11 is 0. The smallest absolute Gasteiger partial charge is 0.309 e. The molecule has 2 aromatic rings. The number of hydrogen-bond acceptors (Lipinski definition) is 6. The van der Waals surface area contributed by atoms with Gasteiger partial charge in [-0.15, -0.1) is 0 Å². The van der Waals surface area contributed by atoms with E-state index >= 15 is 0 Å². The molecule has 0 radical (unpaired) electrons. The Kier molecular flexibility index (Phi) is 6.63. The number of ether oxygens (including phenoxy) is 4. The number of esters is 1. The predicted molar refractivity (Wildman–Crippen MR) is 125 cm³/mol. The molecule has 2 aliphatic rings. The minimum Gasteiger partial charge on any atom is -0.493 e. The first-order valence-electron chi connectivity index (χ1n) is 11.7. The van der Waals surface area contributed by atoms with Gasteiger partial charge in [-0.25, -0.2) is 0 Å². The summed E-state index contributed by atoms with van der Waals surface area (Å²) in [5.41, 5.74) is 3.05. The number of ketones is 1. The molecule has 4 rings (SSSR count). The van der Waals surface area contributed by atoms with Gasteiger partial charge in [-0.3, -0.25) is 9.59 Å². The largest absolute Gasteiger partial charge is 0.493 e. The van der Waals surface area contributed by atoms with Gasteiger partial charge in [0, 0.05) is 17.5 Å². The van der Waals surface area contributed by atoms with Crippen molar-refractivity contribution >= 4 is 11.8 Å². The maximum Gasteiger partial charge on any atom is 0.309 e. The molecule has 0 unspecified atom stereocenters. The zero-order chi connectivity index (χ0) is 23.6. The molecule has 0 aromatic heterocycles. The van der Waals surface area contributed by atoms with Gasteiger partial charge in [-0.1, -0.05) is 32.0 Å². The van der Waals surface area contributed by atoms with E-state index in [1.807, 2.05) is 44.2 Å². The third-order valence-electron chi connectivity index (χ3n) is 6.76. The van der Waals surface area contributed by atoms with Crippen LogP contribution in [0.1, 0.15) is 61.9 Å². The third kappa shape index (κ3) is 4.56. The zero-order valence-corrected chi connectivity index (χ0v) is 19.9. The van der Waals surface area contributed by atoms with Crippen LogP contribution in [0.3, 0.4) is 0 Å². The molecule has 0 bridgehead atoms. The van der Waals surface area contributed by atoms with Crippen LogP contribution in [0.25, 0.3) is 11.1 Å². The average Bonchev–Trinajstić information content (AvgIpc) is 3.50. The quantitative estimate of drug-likeness (QED) is 0.450. The number of fused-ring (bicyclic) bond motifs is 1. The molecule has 0 spiro atoms. The topological polar surface area (TPSA) is 71.1 Å². The molecule has 0 atom stereocenters. The molecule has 0 aliphatic heterocycles. The van der Waals surface area contributed by atoms with Crippen molar-refractivity contribution < 1.29 is 28.5 Å². The van der Waals surface area contributed by atoms with Gasteiger partial charge in [0.1, 0.15) is 12.2 Å². The monoisotopic (exact) mass is 452 g/mol. The standard InChI is InChI=1S/C27H32O6/c1-5-17(6-2)26(29)33-27(13-14-27)16-32-24-21(10-12-23(30-3)25(24)31-4)19-7-9-20-18(15-19)8-11-22(20)28/h7,9-10,12,15,17H,5-6,8,11,13-14,16H2,1-4H3. The van der Waals surface area contributed by atoms with Crippen LogP contribution < -0.4 is 14.2 Å². The van der Waals surface area contributed by atoms with Crippen LogP contribution in [0.2, 0.25) is 0 Å². The fourth-order valence-corrected chi connectivity index (χ4v) is 4.43. The molecule has 6 heteroatoms. The van der Waals surface area contributed by atoms with E-state index in [9.17, 15) is 9.59 Å². The summed E-state index contributed by atoms with van der Waals surface area (Å²) in [6.07, 6.45) is 4.39. The predicted octanol–water partition coefficient (Wildman–Crippen LogP) is 5.39. The van der Waals surface area contributed by atoms with Gasteiger partial charge >= 0.3 is 5.97 Å². The van der Waals surface area contributed by atoms with Crippen LogP contribution in [0.15, 0.2) is 30.3 Å². The molecule has 0 heterocycles. The molecule has 6 nitrogen and oxygen atoms in total. The Morgan fingerprint density at radius 1 is 0.970 bits per heavy atom. The lowest BCUT2D eigenvalue weighted by atomic mass is 9.99. The highest BCUT2D eigenvalue weighted by Crippen LogP contribution is 2.47. The number of rotatable bonds is 10. The van der Waals surface area contributed by atoms with E-state index in [4.69, 9.17) is 18.9 Å². The summed E-state index contributed by atoms with van der Waals surface area (Å²) in [5.74, 6) is 1.56. The van der Waals surface area contributed by atoms with Crippen LogP contribution in [-0.2, 0) is 16.0 Å². The number of Topliss-reactive ketones (excluding diaryl/α,β-unsaturated/α-hetero) is 1. The Balaban J connectivity index is 1.63. The molecule has 0 N–H and O–H groups in total. The Morgan fingerprint density at radius 2 is 1.70 bits per heavy atom. The maximum absolute atomic E-state index is 12.6. The summed E-state index contributed by atoms with van der Waals surface area (Å²) in [7, 11) is 3.16. The van der Waals surface area contributed by atoms with Gasteiger partial charge in [-0.05, 0) is 55.4 Å². The van der Waals surface area contributed by atoms with Crippen molar-refractivity contribution in [1.82, 2.24) is 0 Å². The summed E-state index contributed by atoms with van der Waals surface area (Å²) < 4.78 is 23.4. The van der Waals surface area contributed by atoms with Crippen LogP contribution in [0, 0.1) is 5.92 Å². The number of carbonyl (C=O) groups is 2. The lowest BCUT2D eigenvalue weighted by Gasteiger charge is -2.23. The van der Waals surface area contributed by atoms with E-state index in [2.05, 4.69) is 0 Å². The highest BCUT2D eigenvalue weighted by molar-refractivity contribution is 6.01. The zero-order valence-electron chi connectivity index (χ0n) is 19.9. The highest BCUT2D eigenvalue weighted by atomic mass is 16.6. The van der Waals surface area contributed by atoms with Crippen molar-refractivity contribution in [3.63, 3.8) is 0 Å². The van der Waals surface area contributed by atoms with E-state index in [-0.39, 0.29) is 24.3 Å². The van der Waals surface area contributed by atoms with Crippen molar-refractivity contribution in [3.8, 4) is 28.4 Å². The molecule has 176 valence electrons. The lowest BCUT2D eigenvalue weighted by molar-refractivity contribution is -0.158. The first-order chi connectivity index (χ1) is 15.9. The average molecular weight is 453 g/mol. The second-order valence-electron chi connectivity index (χ2n) is 8.88. The number of hydrogen-bond donors (Lipinski definition) is 0. The van der Waals surface area contributed by atoms with E-state index in [1.165, 1.54) is 0 Å². The Hall–Kier alpha value is -3.02. The SMILES string of the molecule is CCC(CC)C(=O)OC1(COc2c(-c3ccc4c(c3)CCC4=O)ccc(OC)c2OC)CC1. The summed E-state index contributed by atoms with van der Waals surface area (Å²) in [6.45, 7) is 4.25. The summed E-state index contributed by atoms with van der Waals surface area (Å²) in [6, 6.07) is 9.66. The molecule has 0 saturated heterocycles. The number of methoxy groups -OCH3 is 2. The van der Waals surface area contributed by atoms with Crippen molar-refractivity contribution in [1.29, 1.82) is 0 Å². The molecule has 33 heavy (non-hydrogen) atoms. The van der Waals surface area contributed by atoms with Crippen molar-refractivity contribution in [2.75, 3.05) is 20.8 Å². The van der Waals surface area contributed by atoms with E-state index in [0.29, 0.717) is 23.7 Å². The summed E-state index contributed by atoms with van der Waals surface area (Å²) in [4.78, 5) is 24.6. The van der Waals surface area contributed by atoms with Gasteiger partial charge in [0.15, 0.2) is 17.3 Å². The van der Waals surface area contributed by atoms with Crippen LogP contribution in [0.5, 0.6) is 17.2 Å². The Morgan fingerprint density at radius 3 is 2.33 bits per heavy atom.